The van der Waals surface area contributed by atoms with E-state index in [-0.39, 0.29) is 5.56 Å². The number of aromatic nitrogens is 1. The third-order valence-corrected chi connectivity index (χ3v) is 4.13. The second kappa shape index (κ2) is 8.92. The van der Waals surface area contributed by atoms with Crippen molar-refractivity contribution in [3.63, 3.8) is 0 Å². The Bertz CT molecular complexity index is 1010. The molecule has 1 aromatic heterocycles. The molecule has 0 unspecified atom stereocenters. The minimum absolute atomic E-state index is 0.183. The van der Waals surface area contributed by atoms with Gasteiger partial charge in [0.25, 0.3) is 5.91 Å². The summed E-state index contributed by atoms with van der Waals surface area (Å²) in [5.74, 6) is 0.0803. The van der Waals surface area contributed by atoms with Crippen LogP contribution in [0.2, 0.25) is 0 Å². The Labute approximate surface area is 167 Å². The molecule has 29 heavy (non-hydrogen) atoms. The smallest absolute Gasteiger partial charge is 0.344 e. The van der Waals surface area contributed by atoms with E-state index >= 15 is 0 Å². The number of hydrogen-bond acceptors (Lipinski definition) is 7. The summed E-state index contributed by atoms with van der Waals surface area (Å²) in [5, 5.41) is 6.57. The average Bonchev–Trinajstić information content (AvgIpc) is 3.14. The van der Waals surface area contributed by atoms with E-state index in [0.717, 1.165) is 0 Å². The molecule has 0 aliphatic heterocycles. The van der Waals surface area contributed by atoms with Crippen LogP contribution in [0.4, 0.5) is 5.69 Å². The highest BCUT2D eigenvalue weighted by molar-refractivity contribution is 5.99. The first-order valence-corrected chi connectivity index (χ1v) is 8.74. The monoisotopic (exact) mass is 396 g/mol. The van der Waals surface area contributed by atoms with E-state index < -0.39 is 18.5 Å². The normalized spacial score (nSPS) is 10.3. The van der Waals surface area contributed by atoms with Gasteiger partial charge in [0, 0.05) is 11.6 Å². The Morgan fingerprint density at radius 2 is 1.83 bits per heavy atom. The molecule has 3 rings (SSSR count). The highest BCUT2D eigenvalue weighted by Crippen LogP contribution is 2.29. The molecule has 0 atom stereocenters. The molecule has 1 N–H and O–H groups in total. The molecule has 0 saturated heterocycles. The van der Waals surface area contributed by atoms with E-state index in [2.05, 4.69) is 10.5 Å². The fourth-order valence-corrected chi connectivity index (χ4v) is 2.71. The van der Waals surface area contributed by atoms with Crippen molar-refractivity contribution in [1.29, 1.82) is 0 Å². The van der Waals surface area contributed by atoms with Crippen LogP contribution in [0.3, 0.4) is 0 Å². The Morgan fingerprint density at radius 1 is 1.07 bits per heavy atom. The lowest BCUT2D eigenvalue weighted by Crippen LogP contribution is -2.21. The maximum Gasteiger partial charge on any atom is 0.344 e. The van der Waals surface area contributed by atoms with Crippen LogP contribution in [-0.4, -0.2) is 37.9 Å². The summed E-state index contributed by atoms with van der Waals surface area (Å²) >= 11 is 0. The van der Waals surface area contributed by atoms with Gasteiger partial charge in [-0.25, -0.2) is 4.79 Å². The van der Waals surface area contributed by atoms with Gasteiger partial charge in [-0.3, -0.25) is 4.79 Å². The number of ether oxygens (including phenoxy) is 3. The largest absolute Gasteiger partial charge is 0.497 e. The van der Waals surface area contributed by atoms with Crippen molar-refractivity contribution in [3.8, 4) is 22.8 Å². The number of carbonyl (C=O) groups is 2. The summed E-state index contributed by atoms with van der Waals surface area (Å²) in [5.41, 5.74) is 1.66. The number of esters is 1. The summed E-state index contributed by atoms with van der Waals surface area (Å²) in [6.45, 7) is 1.12. The van der Waals surface area contributed by atoms with E-state index in [1.807, 2.05) is 18.2 Å². The zero-order valence-corrected chi connectivity index (χ0v) is 16.2. The summed E-state index contributed by atoms with van der Waals surface area (Å²) in [4.78, 5) is 24.8. The lowest BCUT2D eigenvalue weighted by atomic mass is 10.1. The number of rotatable bonds is 7. The van der Waals surface area contributed by atoms with Crippen molar-refractivity contribution in [3.05, 3.63) is 59.9 Å². The molecule has 1 amide bonds. The zero-order valence-electron chi connectivity index (χ0n) is 16.2. The van der Waals surface area contributed by atoms with Crippen LogP contribution in [0, 0.1) is 6.92 Å². The maximum absolute atomic E-state index is 12.6. The van der Waals surface area contributed by atoms with Crippen molar-refractivity contribution in [2.45, 2.75) is 6.92 Å². The first-order valence-electron chi connectivity index (χ1n) is 8.74. The van der Waals surface area contributed by atoms with E-state index in [0.29, 0.717) is 34.2 Å². The SMILES string of the molecule is COc1ccc(OC)c(NC(=O)COC(=O)c2c(-c3ccccc3)noc2C)c1. The number of methoxy groups -OCH3 is 2. The fourth-order valence-electron chi connectivity index (χ4n) is 2.71. The molecule has 2 aromatic carbocycles. The molecule has 150 valence electrons. The van der Waals surface area contributed by atoms with Gasteiger partial charge in [-0.2, -0.15) is 0 Å². The van der Waals surface area contributed by atoms with Gasteiger partial charge in [0.1, 0.15) is 28.5 Å². The molecule has 0 aliphatic carbocycles. The summed E-state index contributed by atoms with van der Waals surface area (Å²) in [6, 6.07) is 14.1. The quantitative estimate of drug-likeness (QED) is 0.611. The van der Waals surface area contributed by atoms with Crippen LogP contribution in [0.1, 0.15) is 16.1 Å². The van der Waals surface area contributed by atoms with Gasteiger partial charge in [0.05, 0.1) is 19.9 Å². The maximum atomic E-state index is 12.6. The second-order valence-electron chi connectivity index (χ2n) is 6.02. The molecule has 0 bridgehead atoms. The Morgan fingerprint density at radius 3 is 2.52 bits per heavy atom. The van der Waals surface area contributed by atoms with Gasteiger partial charge in [-0.05, 0) is 19.1 Å². The van der Waals surface area contributed by atoms with Gasteiger partial charge >= 0.3 is 5.97 Å². The molecule has 0 spiro atoms. The van der Waals surface area contributed by atoms with Crippen LogP contribution in [-0.2, 0) is 9.53 Å². The molecule has 3 aromatic rings. The molecule has 0 fully saturated rings. The summed E-state index contributed by atoms with van der Waals surface area (Å²) < 4.78 is 20.7. The van der Waals surface area contributed by atoms with Crippen molar-refractivity contribution >= 4 is 17.6 Å². The Hall–Kier alpha value is -3.81. The molecule has 8 nitrogen and oxygen atoms in total. The van der Waals surface area contributed by atoms with Crippen LogP contribution in [0.15, 0.2) is 53.1 Å². The minimum Gasteiger partial charge on any atom is -0.497 e. The van der Waals surface area contributed by atoms with E-state index in [1.165, 1.54) is 14.2 Å². The molecular weight excluding hydrogens is 376 g/mol. The first kappa shape index (κ1) is 19.9. The number of hydrogen-bond donors (Lipinski definition) is 1. The average molecular weight is 396 g/mol. The highest BCUT2D eigenvalue weighted by Gasteiger charge is 2.23. The van der Waals surface area contributed by atoms with Crippen molar-refractivity contribution < 1.29 is 28.3 Å². The van der Waals surface area contributed by atoms with Crippen LogP contribution < -0.4 is 14.8 Å². The second-order valence-corrected chi connectivity index (χ2v) is 6.02. The van der Waals surface area contributed by atoms with Gasteiger partial charge in [-0.15, -0.1) is 0 Å². The number of nitrogens with one attached hydrogen (secondary N) is 1. The number of nitrogens with zero attached hydrogens (tertiary/aromatic N) is 1. The van der Waals surface area contributed by atoms with Gasteiger partial charge in [0.15, 0.2) is 6.61 Å². The Balaban J connectivity index is 1.69. The standard InChI is InChI=1S/C21H20N2O6/c1-13-19(20(23-29-13)14-7-5-4-6-8-14)21(25)28-12-18(24)22-16-11-15(26-2)9-10-17(16)27-3/h4-11H,12H2,1-3H3,(H,22,24). The van der Waals surface area contributed by atoms with E-state index in [4.69, 9.17) is 18.7 Å². The van der Waals surface area contributed by atoms with Crippen LogP contribution in [0.5, 0.6) is 11.5 Å². The number of amides is 1. The summed E-state index contributed by atoms with van der Waals surface area (Å²) in [6.07, 6.45) is 0. The van der Waals surface area contributed by atoms with Crippen LogP contribution >= 0.6 is 0 Å². The van der Waals surface area contributed by atoms with Gasteiger partial charge in [0.2, 0.25) is 0 Å². The number of aryl methyl sites for hydroxylation is 1. The molecule has 0 saturated carbocycles. The zero-order chi connectivity index (χ0) is 20.8. The van der Waals surface area contributed by atoms with Gasteiger partial charge in [-0.1, -0.05) is 35.5 Å². The van der Waals surface area contributed by atoms with Crippen molar-refractivity contribution in [1.82, 2.24) is 5.16 Å². The predicted molar refractivity (Wildman–Crippen MR) is 105 cm³/mol. The topological polar surface area (TPSA) is 99.9 Å². The predicted octanol–water partition coefficient (Wildman–Crippen LogP) is 3.46. The third-order valence-electron chi connectivity index (χ3n) is 4.13. The third kappa shape index (κ3) is 4.55. The van der Waals surface area contributed by atoms with Crippen LogP contribution in [0.25, 0.3) is 11.3 Å². The van der Waals surface area contributed by atoms with E-state index in [1.54, 1.807) is 37.3 Å². The molecular formula is C21H20N2O6. The minimum atomic E-state index is -0.699. The fraction of sp³-hybridized carbons (Fsp3) is 0.190. The van der Waals surface area contributed by atoms with Crippen molar-refractivity contribution in [2.75, 3.05) is 26.1 Å². The lowest BCUT2D eigenvalue weighted by Gasteiger charge is -2.12. The van der Waals surface area contributed by atoms with Gasteiger partial charge < -0.3 is 24.1 Å². The number of carbonyl (C=O) groups excluding carboxylic acids is 2. The van der Waals surface area contributed by atoms with E-state index in [9.17, 15) is 9.59 Å². The lowest BCUT2D eigenvalue weighted by molar-refractivity contribution is -0.119. The first-order chi connectivity index (χ1) is 14.0. The number of benzene rings is 2. The number of anilines is 1. The van der Waals surface area contributed by atoms with Crippen molar-refractivity contribution in [2.24, 2.45) is 0 Å². The molecule has 8 heteroatoms. The molecule has 1 heterocycles. The molecule has 0 aliphatic rings. The highest BCUT2D eigenvalue weighted by atomic mass is 16.5. The summed E-state index contributed by atoms with van der Waals surface area (Å²) in [7, 11) is 3.00. The molecule has 0 radical (unpaired) electrons. The Kier molecular flexibility index (Phi) is 6.13.